The lowest BCUT2D eigenvalue weighted by Gasteiger charge is -2.43. The van der Waals surface area contributed by atoms with Gasteiger partial charge in [0.25, 0.3) is 0 Å². The van der Waals surface area contributed by atoms with Crippen LogP contribution in [0, 0.1) is 11.3 Å². The van der Waals surface area contributed by atoms with Crippen LogP contribution in [-0.2, 0) is 16.0 Å². The van der Waals surface area contributed by atoms with Crippen LogP contribution in [0.5, 0.6) is 5.75 Å². The number of rotatable bonds is 6. The molecule has 2 fully saturated rings. The molecule has 4 rings (SSSR count). The average molecular weight is 407 g/mol. The van der Waals surface area contributed by atoms with E-state index in [1.54, 1.807) is 7.11 Å². The van der Waals surface area contributed by atoms with Gasteiger partial charge in [0.05, 0.1) is 12.5 Å². The number of piperidine rings is 1. The molecule has 2 N–H and O–H groups in total. The van der Waals surface area contributed by atoms with Crippen LogP contribution in [0.3, 0.4) is 0 Å². The lowest BCUT2D eigenvalue weighted by Crippen LogP contribution is -2.54. The van der Waals surface area contributed by atoms with Crippen molar-refractivity contribution in [1.29, 1.82) is 0 Å². The highest BCUT2D eigenvalue weighted by molar-refractivity contribution is 5.84. The summed E-state index contributed by atoms with van der Waals surface area (Å²) in [4.78, 5) is 27.2. The number of amides is 2. The molecule has 158 valence electrons. The fourth-order valence-electron chi connectivity index (χ4n) is 4.66. The molecule has 2 aromatic carbocycles. The molecule has 1 heterocycles. The highest BCUT2D eigenvalue weighted by Gasteiger charge is 2.43. The first-order chi connectivity index (χ1) is 14.5. The van der Waals surface area contributed by atoms with Crippen molar-refractivity contribution in [3.8, 4) is 16.9 Å². The van der Waals surface area contributed by atoms with Gasteiger partial charge in [-0.15, -0.1) is 0 Å². The summed E-state index contributed by atoms with van der Waals surface area (Å²) in [6.45, 7) is 1.18. The fourth-order valence-corrected chi connectivity index (χ4v) is 4.66. The lowest BCUT2D eigenvalue weighted by molar-refractivity contribution is -0.145. The minimum absolute atomic E-state index is 0.150. The van der Waals surface area contributed by atoms with Crippen molar-refractivity contribution in [3.63, 3.8) is 0 Å². The first kappa shape index (κ1) is 20.5. The summed E-state index contributed by atoms with van der Waals surface area (Å²) in [5.74, 6) is 0.892. The Bertz CT molecular complexity index is 903. The van der Waals surface area contributed by atoms with Crippen LogP contribution < -0.4 is 10.5 Å². The second kappa shape index (κ2) is 8.50. The lowest BCUT2D eigenvalue weighted by atomic mass is 9.73. The Labute approximate surface area is 178 Å². The average Bonchev–Trinajstić information content (AvgIpc) is 2.73. The molecule has 5 nitrogen and oxygen atoms in total. The third-order valence-corrected chi connectivity index (χ3v) is 6.79. The number of likely N-dealkylation sites (tertiary alicyclic amines) is 1. The second-order valence-corrected chi connectivity index (χ2v) is 8.74. The number of carbonyl (C=O) groups excluding carboxylic acids is 2. The van der Waals surface area contributed by atoms with E-state index in [9.17, 15) is 9.59 Å². The third-order valence-electron chi connectivity index (χ3n) is 6.79. The number of nitrogens with zero attached hydrogens (tertiary/aromatic N) is 1. The van der Waals surface area contributed by atoms with Gasteiger partial charge in [0.2, 0.25) is 11.8 Å². The molecule has 0 aromatic heterocycles. The zero-order valence-electron chi connectivity index (χ0n) is 17.6. The van der Waals surface area contributed by atoms with Gasteiger partial charge < -0.3 is 15.4 Å². The van der Waals surface area contributed by atoms with Gasteiger partial charge in [-0.1, -0.05) is 42.8 Å². The zero-order chi connectivity index (χ0) is 21.1. The van der Waals surface area contributed by atoms with Gasteiger partial charge in [-0.05, 0) is 60.9 Å². The van der Waals surface area contributed by atoms with Gasteiger partial charge in [-0.2, -0.15) is 0 Å². The van der Waals surface area contributed by atoms with E-state index in [1.807, 2.05) is 29.2 Å². The van der Waals surface area contributed by atoms with E-state index in [0.717, 1.165) is 61.1 Å². The topological polar surface area (TPSA) is 72.6 Å². The van der Waals surface area contributed by atoms with Gasteiger partial charge in [0.1, 0.15) is 5.75 Å². The Morgan fingerprint density at radius 1 is 1.03 bits per heavy atom. The molecule has 1 aliphatic heterocycles. The summed E-state index contributed by atoms with van der Waals surface area (Å²) in [6.07, 6.45) is 5.21. The molecule has 1 saturated heterocycles. The molecule has 2 amide bonds. The molecular formula is C25H30N2O3. The number of methoxy groups -OCH3 is 1. The van der Waals surface area contributed by atoms with Crippen LogP contribution >= 0.6 is 0 Å². The van der Waals surface area contributed by atoms with Crippen LogP contribution in [0.1, 0.15) is 37.7 Å². The predicted octanol–water partition coefficient (Wildman–Crippen LogP) is 3.80. The Morgan fingerprint density at radius 2 is 1.67 bits per heavy atom. The molecule has 0 unspecified atom stereocenters. The number of primary amides is 1. The standard InChI is InChI=1S/C25H30N2O3/c1-30-22-12-10-20(11-13-22)19-8-6-18(7-9-19)16-25(24(26)29)14-3-15-27(17-25)23(28)21-4-2-5-21/h6-13,21H,2-5,14-17H2,1H3,(H2,26,29)/t25-/m1/s1. The van der Waals surface area contributed by atoms with Crippen molar-refractivity contribution < 1.29 is 14.3 Å². The molecule has 0 bridgehead atoms. The van der Waals surface area contributed by atoms with E-state index in [4.69, 9.17) is 10.5 Å². The van der Waals surface area contributed by atoms with Gasteiger partial charge >= 0.3 is 0 Å². The number of carbonyl (C=O) groups is 2. The summed E-state index contributed by atoms with van der Waals surface area (Å²) in [5, 5.41) is 0. The van der Waals surface area contributed by atoms with E-state index in [2.05, 4.69) is 24.3 Å². The molecule has 0 spiro atoms. The Morgan fingerprint density at radius 3 is 2.20 bits per heavy atom. The second-order valence-electron chi connectivity index (χ2n) is 8.74. The first-order valence-electron chi connectivity index (χ1n) is 10.8. The third kappa shape index (κ3) is 4.07. The van der Waals surface area contributed by atoms with Crippen molar-refractivity contribution in [2.45, 2.75) is 38.5 Å². The normalized spacial score (nSPS) is 21.7. The quantitative estimate of drug-likeness (QED) is 0.793. The van der Waals surface area contributed by atoms with Crippen LogP contribution in [0.2, 0.25) is 0 Å². The summed E-state index contributed by atoms with van der Waals surface area (Å²) in [5.41, 5.74) is 8.51. The Balaban J connectivity index is 1.49. The molecule has 5 heteroatoms. The van der Waals surface area contributed by atoms with Gasteiger partial charge in [0.15, 0.2) is 0 Å². The summed E-state index contributed by atoms with van der Waals surface area (Å²) < 4.78 is 5.22. The zero-order valence-corrected chi connectivity index (χ0v) is 17.6. The molecule has 1 atom stereocenters. The number of hydrogen-bond acceptors (Lipinski definition) is 3. The van der Waals surface area contributed by atoms with Gasteiger partial charge in [-0.25, -0.2) is 0 Å². The number of benzene rings is 2. The summed E-state index contributed by atoms with van der Waals surface area (Å²) in [7, 11) is 1.66. The molecule has 1 aliphatic carbocycles. The monoisotopic (exact) mass is 406 g/mol. The smallest absolute Gasteiger partial charge is 0.225 e. The van der Waals surface area contributed by atoms with Gasteiger partial charge in [0, 0.05) is 19.0 Å². The van der Waals surface area contributed by atoms with E-state index in [-0.39, 0.29) is 17.7 Å². The van der Waals surface area contributed by atoms with Crippen molar-refractivity contribution >= 4 is 11.8 Å². The summed E-state index contributed by atoms with van der Waals surface area (Å²) >= 11 is 0. The number of nitrogens with two attached hydrogens (primary N) is 1. The molecule has 0 radical (unpaired) electrons. The van der Waals surface area contributed by atoms with E-state index in [1.165, 1.54) is 0 Å². The first-order valence-corrected chi connectivity index (χ1v) is 10.8. The maximum atomic E-state index is 12.8. The van der Waals surface area contributed by atoms with Crippen LogP contribution in [0.15, 0.2) is 48.5 Å². The SMILES string of the molecule is COc1ccc(-c2ccc(C[C@]3(C(N)=O)CCCN(C(=O)C4CCC4)C3)cc2)cc1. The highest BCUT2D eigenvalue weighted by atomic mass is 16.5. The van der Waals surface area contributed by atoms with E-state index in [0.29, 0.717) is 13.0 Å². The van der Waals surface area contributed by atoms with Crippen molar-refractivity contribution in [1.82, 2.24) is 4.90 Å². The highest BCUT2D eigenvalue weighted by Crippen LogP contribution is 2.37. The van der Waals surface area contributed by atoms with E-state index >= 15 is 0 Å². The van der Waals surface area contributed by atoms with Crippen molar-refractivity contribution in [3.05, 3.63) is 54.1 Å². The summed E-state index contributed by atoms with van der Waals surface area (Å²) in [6, 6.07) is 16.2. The molecule has 1 saturated carbocycles. The predicted molar refractivity (Wildman–Crippen MR) is 117 cm³/mol. The van der Waals surface area contributed by atoms with Crippen LogP contribution in [-0.4, -0.2) is 36.9 Å². The van der Waals surface area contributed by atoms with Crippen molar-refractivity contribution in [2.75, 3.05) is 20.2 Å². The molecule has 30 heavy (non-hydrogen) atoms. The van der Waals surface area contributed by atoms with Crippen LogP contribution in [0.4, 0.5) is 0 Å². The van der Waals surface area contributed by atoms with Crippen molar-refractivity contribution in [2.24, 2.45) is 17.1 Å². The van der Waals surface area contributed by atoms with Gasteiger partial charge in [-0.3, -0.25) is 9.59 Å². The number of ether oxygens (including phenoxy) is 1. The number of hydrogen-bond donors (Lipinski definition) is 1. The molecule has 2 aliphatic rings. The largest absolute Gasteiger partial charge is 0.497 e. The maximum absolute atomic E-state index is 12.8. The fraction of sp³-hybridized carbons (Fsp3) is 0.440. The Kier molecular flexibility index (Phi) is 5.80. The maximum Gasteiger partial charge on any atom is 0.225 e. The van der Waals surface area contributed by atoms with E-state index < -0.39 is 5.41 Å². The minimum atomic E-state index is -0.681. The molecular weight excluding hydrogens is 376 g/mol. The minimum Gasteiger partial charge on any atom is -0.497 e. The molecule has 2 aromatic rings. The Hall–Kier alpha value is -2.82. The van der Waals surface area contributed by atoms with Crippen LogP contribution in [0.25, 0.3) is 11.1 Å².